The molecule has 42 heavy (non-hydrogen) atoms. The maximum Gasteiger partial charge on any atom is 0.0625 e. The predicted octanol–water partition coefficient (Wildman–Crippen LogP) is 9.65. The summed E-state index contributed by atoms with van der Waals surface area (Å²) >= 11 is 0. The average Bonchev–Trinajstić information content (AvgIpc) is 3.58. The van der Waals surface area contributed by atoms with E-state index in [0.29, 0.717) is 6.54 Å². The molecule has 9 aromatic rings. The van der Waals surface area contributed by atoms with Gasteiger partial charge in [-0.25, -0.2) is 0 Å². The average molecular weight is 538 g/mol. The van der Waals surface area contributed by atoms with Crippen LogP contribution in [0.15, 0.2) is 140 Å². The molecule has 198 valence electrons. The Balaban J connectivity index is 1.51. The first kappa shape index (κ1) is 23.3. The highest BCUT2D eigenvalue weighted by Crippen LogP contribution is 2.43. The Bertz CT molecular complexity index is 2500. The molecule has 0 spiro atoms. The fourth-order valence-corrected chi connectivity index (χ4v) is 7.07. The fraction of sp³-hybridized carbons (Fsp3) is 0.0256. The number of fused-ring (bicyclic) bond motifs is 11. The number of para-hydroxylation sites is 3. The zero-order chi connectivity index (χ0) is 27.8. The first-order valence-electron chi connectivity index (χ1n) is 14.5. The topological polar surface area (TPSA) is 35.9 Å². The third kappa shape index (κ3) is 3.14. The van der Waals surface area contributed by atoms with E-state index in [0.717, 1.165) is 11.3 Å². The molecule has 0 unspecified atom stereocenters. The molecule has 2 heterocycles. The Morgan fingerprint density at radius 3 is 1.69 bits per heavy atom. The second kappa shape index (κ2) is 8.81. The van der Waals surface area contributed by atoms with Gasteiger partial charge in [-0.05, 0) is 52.7 Å². The van der Waals surface area contributed by atoms with Crippen LogP contribution >= 0.6 is 0 Å². The smallest absolute Gasteiger partial charge is 0.0625 e. The van der Waals surface area contributed by atoms with Gasteiger partial charge in [-0.3, -0.25) is 0 Å². The summed E-state index contributed by atoms with van der Waals surface area (Å²) in [6.07, 6.45) is 0. The minimum absolute atomic E-state index is 0.512. The summed E-state index contributed by atoms with van der Waals surface area (Å²) in [6, 6.07) is 50.7. The Morgan fingerprint density at radius 1 is 0.429 bits per heavy atom. The minimum atomic E-state index is 0.512. The molecule has 0 bridgehead atoms. The van der Waals surface area contributed by atoms with Gasteiger partial charge in [-0.1, -0.05) is 103 Å². The molecule has 3 heteroatoms. The van der Waals surface area contributed by atoms with Gasteiger partial charge < -0.3 is 14.9 Å². The molecule has 0 saturated carbocycles. The van der Waals surface area contributed by atoms with E-state index in [-0.39, 0.29) is 0 Å². The van der Waals surface area contributed by atoms with E-state index in [9.17, 15) is 0 Å². The molecule has 0 aliphatic heterocycles. The maximum atomic E-state index is 6.09. The van der Waals surface area contributed by atoms with Crippen molar-refractivity contribution in [3.8, 4) is 11.4 Å². The van der Waals surface area contributed by atoms with Gasteiger partial charge in [0.25, 0.3) is 0 Å². The van der Waals surface area contributed by atoms with E-state index >= 15 is 0 Å². The van der Waals surface area contributed by atoms with Gasteiger partial charge in [-0.15, -0.1) is 0 Å². The highest BCUT2D eigenvalue weighted by atomic mass is 15.0. The number of benzene rings is 7. The predicted molar refractivity (Wildman–Crippen MR) is 178 cm³/mol. The lowest BCUT2D eigenvalue weighted by molar-refractivity contribution is 1.06. The normalized spacial score (nSPS) is 12.0. The molecule has 0 aliphatic carbocycles. The number of rotatable bonds is 3. The van der Waals surface area contributed by atoms with Gasteiger partial charge in [0.05, 0.1) is 22.1 Å². The number of hydrogen-bond donors (Lipinski definition) is 1. The van der Waals surface area contributed by atoms with Gasteiger partial charge in [0.15, 0.2) is 0 Å². The SMILES string of the molecule is NCc1cccc(-n2c3ccccc3c3ccc4c(ccc5ccc6c7ccccc7n(-c7ccccc7)c6c54)c32)c1. The van der Waals surface area contributed by atoms with Crippen LogP contribution in [0.2, 0.25) is 0 Å². The summed E-state index contributed by atoms with van der Waals surface area (Å²) in [5.41, 5.74) is 14.4. The summed E-state index contributed by atoms with van der Waals surface area (Å²) in [7, 11) is 0. The van der Waals surface area contributed by atoms with Crippen molar-refractivity contribution in [1.82, 2.24) is 9.13 Å². The Morgan fingerprint density at radius 2 is 0.976 bits per heavy atom. The third-order valence-electron chi connectivity index (χ3n) is 8.86. The van der Waals surface area contributed by atoms with Crippen molar-refractivity contribution in [2.24, 2.45) is 5.73 Å². The second-order valence-corrected chi connectivity index (χ2v) is 11.1. The van der Waals surface area contributed by atoms with E-state index in [1.54, 1.807) is 0 Å². The third-order valence-corrected chi connectivity index (χ3v) is 8.86. The van der Waals surface area contributed by atoms with Crippen LogP contribution in [0.1, 0.15) is 5.56 Å². The molecular formula is C39H27N3. The highest BCUT2D eigenvalue weighted by Gasteiger charge is 2.19. The highest BCUT2D eigenvalue weighted by molar-refractivity contribution is 6.29. The van der Waals surface area contributed by atoms with Crippen LogP contribution in [-0.2, 0) is 6.54 Å². The summed E-state index contributed by atoms with van der Waals surface area (Å²) in [5.74, 6) is 0. The number of aromatic nitrogens is 2. The molecular weight excluding hydrogens is 510 g/mol. The van der Waals surface area contributed by atoms with Gasteiger partial charge in [0.1, 0.15) is 0 Å². The first-order chi connectivity index (χ1) is 20.8. The van der Waals surface area contributed by atoms with Crippen molar-refractivity contribution in [2.75, 3.05) is 0 Å². The van der Waals surface area contributed by atoms with Crippen LogP contribution < -0.4 is 5.73 Å². The molecule has 0 fully saturated rings. The van der Waals surface area contributed by atoms with Crippen molar-refractivity contribution in [3.05, 3.63) is 145 Å². The van der Waals surface area contributed by atoms with Crippen molar-refractivity contribution in [3.63, 3.8) is 0 Å². The molecule has 7 aromatic carbocycles. The molecule has 3 nitrogen and oxygen atoms in total. The number of nitrogens with zero attached hydrogens (tertiary/aromatic N) is 2. The summed E-state index contributed by atoms with van der Waals surface area (Å²) in [4.78, 5) is 0. The van der Waals surface area contributed by atoms with Crippen molar-refractivity contribution < 1.29 is 0 Å². The largest absolute Gasteiger partial charge is 0.326 e. The quantitative estimate of drug-likeness (QED) is 0.224. The van der Waals surface area contributed by atoms with E-state index < -0.39 is 0 Å². The van der Waals surface area contributed by atoms with E-state index in [1.165, 1.54) is 70.8 Å². The molecule has 0 saturated heterocycles. The summed E-state index contributed by atoms with van der Waals surface area (Å²) in [5, 5.41) is 10.1. The van der Waals surface area contributed by atoms with E-state index in [4.69, 9.17) is 5.73 Å². The Labute approximate surface area is 242 Å². The molecule has 9 rings (SSSR count). The Hall–Kier alpha value is -5.38. The first-order valence-corrected chi connectivity index (χ1v) is 14.5. The Kier molecular flexibility index (Phi) is 4.89. The van der Waals surface area contributed by atoms with Crippen molar-refractivity contribution in [1.29, 1.82) is 0 Å². The summed E-state index contributed by atoms with van der Waals surface area (Å²) < 4.78 is 4.86. The van der Waals surface area contributed by atoms with Crippen LogP contribution in [0.4, 0.5) is 0 Å². The van der Waals surface area contributed by atoms with E-state index in [1.807, 2.05) is 0 Å². The molecule has 0 aliphatic rings. The van der Waals surface area contributed by atoms with Crippen LogP contribution in [0.5, 0.6) is 0 Å². The lowest BCUT2D eigenvalue weighted by atomic mass is 9.97. The maximum absolute atomic E-state index is 6.09. The van der Waals surface area contributed by atoms with Crippen LogP contribution in [-0.4, -0.2) is 9.13 Å². The minimum Gasteiger partial charge on any atom is -0.326 e. The fourth-order valence-electron chi connectivity index (χ4n) is 7.07. The van der Waals surface area contributed by atoms with Crippen LogP contribution in [0.25, 0.3) is 76.5 Å². The van der Waals surface area contributed by atoms with Crippen molar-refractivity contribution in [2.45, 2.75) is 6.54 Å². The molecule has 0 radical (unpaired) electrons. The van der Waals surface area contributed by atoms with Gasteiger partial charge in [-0.2, -0.15) is 0 Å². The monoisotopic (exact) mass is 537 g/mol. The lowest BCUT2D eigenvalue weighted by Gasteiger charge is -2.14. The van der Waals surface area contributed by atoms with Crippen molar-refractivity contribution >= 4 is 65.2 Å². The molecule has 0 amide bonds. The summed E-state index contributed by atoms with van der Waals surface area (Å²) in [6.45, 7) is 0.512. The van der Waals surface area contributed by atoms with Crippen LogP contribution in [0, 0.1) is 0 Å². The van der Waals surface area contributed by atoms with Gasteiger partial charge >= 0.3 is 0 Å². The molecule has 0 atom stereocenters. The zero-order valence-corrected chi connectivity index (χ0v) is 23.0. The van der Waals surface area contributed by atoms with Gasteiger partial charge in [0.2, 0.25) is 0 Å². The zero-order valence-electron chi connectivity index (χ0n) is 23.0. The molecule has 2 N–H and O–H groups in total. The standard InChI is InChI=1S/C39H27N3/c40-24-25-9-8-12-28(23-25)42-36-16-7-4-13-29(36)32-22-21-31-34(38(32)42)20-18-26-17-19-33-30-14-5-6-15-35(30)41(39(33)37(26)31)27-10-2-1-3-11-27/h1-23H,24,40H2. The van der Waals surface area contributed by atoms with Crippen LogP contribution in [0.3, 0.4) is 0 Å². The second-order valence-electron chi connectivity index (χ2n) is 11.1. The van der Waals surface area contributed by atoms with Gasteiger partial charge in [0, 0.05) is 50.2 Å². The lowest BCUT2D eigenvalue weighted by Crippen LogP contribution is -2.00. The van der Waals surface area contributed by atoms with E-state index in [2.05, 4.69) is 149 Å². The number of nitrogens with two attached hydrogens (primary N) is 1. The number of hydrogen-bond acceptors (Lipinski definition) is 1. The molecule has 2 aromatic heterocycles.